The van der Waals surface area contributed by atoms with E-state index in [1.54, 1.807) is 6.92 Å². The second-order valence-corrected chi connectivity index (χ2v) is 6.79. The third-order valence-electron chi connectivity index (χ3n) is 4.18. The number of carbonyl (C=O) groups is 1. The smallest absolute Gasteiger partial charge is 0.223 e. The van der Waals surface area contributed by atoms with Crippen LogP contribution in [0.2, 0.25) is 0 Å². The van der Waals surface area contributed by atoms with Crippen molar-refractivity contribution < 1.29 is 14.3 Å². The molecule has 26 heavy (non-hydrogen) atoms. The Kier molecular flexibility index (Phi) is 8.88. The molecule has 0 spiro atoms. The number of amides is 1. The monoisotopic (exact) mass is 478 g/mol. The first kappa shape index (κ1) is 22.8. The van der Waals surface area contributed by atoms with Gasteiger partial charge in [0.15, 0.2) is 5.96 Å². The van der Waals surface area contributed by atoms with Crippen LogP contribution in [-0.2, 0) is 10.4 Å². The van der Waals surface area contributed by atoms with Crippen molar-refractivity contribution in [3.63, 3.8) is 0 Å². The topological polar surface area (TPSA) is 98.9 Å². The summed E-state index contributed by atoms with van der Waals surface area (Å²) in [6.07, 6.45) is 2.01. The third kappa shape index (κ3) is 6.79. The lowest BCUT2D eigenvalue weighted by atomic mass is 9.96. The zero-order valence-corrected chi connectivity index (χ0v) is 18.3. The predicted octanol–water partition coefficient (Wildman–Crippen LogP) is 1.80. The Morgan fingerprint density at radius 3 is 2.50 bits per heavy atom. The molecule has 0 radical (unpaired) electrons. The Balaban J connectivity index is 0.00000338. The fraction of sp³-hybridized carbons (Fsp3) is 0.667. The maximum atomic E-state index is 11.6. The van der Waals surface area contributed by atoms with Gasteiger partial charge in [0.05, 0.1) is 6.54 Å². The van der Waals surface area contributed by atoms with Crippen LogP contribution < -0.4 is 16.0 Å². The first-order valence-electron chi connectivity index (χ1n) is 8.93. The van der Waals surface area contributed by atoms with Gasteiger partial charge in [-0.3, -0.25) is 4.79 Å². The van der Waals surface area contributed by atoms with Crippen molar-refractivity contribution in [2.45, 2.75) is 46.1 Å². The van der Waals surface area contributed by atoms with Gasteiger partial charge in [-0.2, -0.15) is 0 Å². The fourth-order valence-electron chi connectivity index (χ4n) is 2.68. The molecular weight excluding hydrogens is 447 g/mol. The van der Waals surface area contributed by atoms with Crippen LogP contribution in [0.15, 0.2) is 15.5 Å². The average Bonchev–Trinajstić information content (AvgIpc) is 3.33. The molecule has 4 N–H and O–H groups in total. The van der Waals surface area contributed by atoms with Crippen molar-refractivity contribution in [1.29, 1.82) is 0 Å². The van der Waals surface area contributed by atoms with E-state index in [1.165, 1.54) is 0 Å². The number of halogens is 1. The van der Waals surface area contributed by atoms with Crippen LogP contribution in [0.3, 0.4) is 0 Å². The minimum absolute atomic E-state index is 0. The van der Waals surface area contributed by atoms with Crippen molar-refractivity contribution >= 4 is 35.8 Å². The van der Waals surface area contributed by atoms with Gasteiger partial charge in [-0.05, 0) is 46.6 Å². The minimum atomic E-state index is -1.11. The number of furan rings is 1. The second-order valence-electron chi connectivity index (χ2n) is 6.79. The van der Waals surface area contributed by atoms with Gasteiger partial charge >= 0.3 is 0 Å². The Hall–Kier alpha value is -1.29. The number of carbonyl (C=O) groups excluding carboxylic acids is 1. The third-order valence-corrected chi connectivity index (χ3v) is 4.18. The number of aliphatic hydroxyl groups is 1. The zero-order valence-electron chi connectivity index (χ0n) is 16.0. The summed E-state index contributed by atoms with van der Waals surface area (Å²) < 4.78 is 5.50. The molecule has 0 bridgehead atoms. The van der Waals surface area contributed by atoms with Crippen LogP contribution in [-0.4, -0.2) is 43.2 Å². The molecule has 1 unspecified atom stereocenters. The molecule has 2 rings (SSSR count). The molecule has 1 aromatic heterocycles. The molecular formula is C18H31IN4O3. The number of hydrogen-bond donors (Lipinski definition) is 4. The number of guanidine groups is 1. The van der Waals surface area contributed by atoms with E-state index < -0.39 is 5.60 Å². The lowest BCUT2D eigenvalue weighted by Crippen LogP contribution is -2.42. The van der Waals surface area contributed by atoms with Crippen molar-refractivity contribution in [3.05, 3.63) is 23.2 Å². The average molecular weight is 478 g/mol. The molecule has 1 heterocycles. The molecule has 1 amide bonds. The Bertz CT molecular complexity index is 624. The van der Waals surface area contributed by atoms with Gasteiger partial charge in [0.25, 0.3) is 0 Å². The minimum Gasteiger partial charge on any atom is -0.466 e. The molecule has 1 saturated carbocycles. The Morgan fingerprint density at radius 1 is 1.31 bits per heavy atom. The van der Waals surface area contributed by atoms with E-state index in [0.717, 1.165) is 24.2 Å². The van der Waals surface area contributed by atoms with Gasteiger partial charge in [-0.1, -0.05) is 0 Å². The Labute approximate surface area is 172 Å². The molecule has 1 aromatic rings. The highest BCUT2D eigenvalue weighted by molar-refractivity contribution is 14.0. The highest BCUT2D eigenvalue weighted by atomic mass is 127. The summed E-state index contributed by atoms with van der Waals surface area (Å²) in [4.78, 5) is 16.1. The van der Waals surface area contributed by atoms with Crippen LogP contribution in [0.5, 0.6) is 0 Å². The molecule has 1 aliphatic rings. The summed E-state index contributed by atoms with van der Waals surface area (Å²) in [5.41, 5.74) is -0.356. The highest BCUT2D eigenvalue weighted by Gasteiger charge is 2.29. The maximum Gasteiger partial charge on any atom is 0.223 e. The van der Waals surface area contributed by atoms with Crippen LogP contribution in [0, 0.1) is 19.8 Å². The van der Waals surface area contributed by atoms with Gasteiger partial charge in [0.2, 0.25) is 5.91 Å². The van der Waals surface area contributed by atoms with Crippen molar-refractivity contribution in [2.75, 3.05) is 26.2 Å². The Morgan fingerprint density at radius 2 is 1.96 bits per heavy atom. The summed E-state index contributed by atoms with van der Waals surface area (Å²) in [6, 6.07) is 1.85. The van der Waals surface area contributed by atoms with E-state index in [1.807, 2.05) is 26.8 Å². The summed E-state index contributed by atoms with van der Waals surface area (Å²) in [7, 11) is 0. The highest BCUT2D eigenvalue weighted by Crippen LogP contribution is 2.28. The molecule has 8 heteroatoms. The molecule has 1 fully saturated rings. The van der Waals surface area contributed by atoms with Crippen molar-refractivity contribution in [2.24, 2.45) is 10.9 Å². The number of nitrogens with zero attached hydrogens (tertiary/aromatic N) is 1. The normalized spacial score (nSPS) is 16.4. The molecule has 7 nitrogen and oxygen atoms in total. The molecule has 0 aliphatic heterocycles. The van der Waals surface area contributed by atoms with Gasteiger partial charge in [-0.25, -0.2) is 4.99 Å². The van der Waals surface area contributed by atoms with Gasteiger partial charge < -0.3 is 25.5 Å². The lowest BCUT2D eigenvalue weighted by molar-refractivity contribution is -0.122. The second kappa shape index (κ2) is 10.1. The fourth-order valence-corrected chi connectivity index (χ4v) is 2.68. The van der Waals surface area contributed by atoms with E-state index >= 15 is 0 Å². The first-order chi connectivity index (χ1) is 11.8. The summed E-state index contributed by atoms with van der Waals surface area (Å²) in [6.45, 7) is 9.46. The van der Waals surface area contributed by atoms with E-state index in [-0.39, 0.29) is 42.3 Å². The standard InChI is InChI=1S/C18H30N4O3.HI/c1-5-19-17(21-9-8-20-16(23)14-6-7-14)22-11-18(4,24)15-10-12(2)25-13(15)3;/h10,14,24H,5-9,11H2,1-4H3,(H,20,23)(H2,19,21,22);1H. The van der Waals surface area contributed by atoms with Crippen LogP contribution in [0.1, 0.15) is 43.8 Å². The quantitative estimate of drug-likeness (QED) is 0.198. The largest absolute Gasteiger partial charge is 0.466 e. The molecule has 0 saturated heterocycles. The van der Waals surface area contributed by atoms with Gasteiger partial charge in [-0.15, -0.1) is 24.0 Å². The SMILES string of the molecule is CCNC(=NCC(C)(O)c1cc(C)oc1C)NCCNC(=O)C1CC1.I. The number of aliphatic imine (C=N–C) groups is 1. The maximum absolute atomic E-state index is 11.6. The van der Waals surface area contributed by atoms with Gasteiger partial charge in [0.1, 0.15) is 17.1 Å². The van der Waals surface area contributed by atoms with E-state index in [2.05, 4.69) is 20.9 Å². The number of aryl methyl sites for hydroxylation is 2. The summed E-state index contributed by atoms with van der Waals surface area (Å²) >= 11 is 0. The molecule has 0 aromatic carbocycles. The van der Waals surface area contributed by atoms with Crippen molar-refractivity contribution in [1.82, 2.24) is 16.0 Å². The first-order valence-corrected chi connectivity index (χ1v) is 8.93. The molecule has 1 atom stereocenters. The summed E-state index contributed by atoms with van der Waals surface area (Å²) in [5.74, 6) is 2.45. The zero-order chi connectivity index (χ0) is 18.4. The van der Waals surface area contributed by atoms with Gasteiger partial charge in [0, 0.05) is 31.1 Å². The summed E-state index contributed by atoms with van der Waals surface area (Å²) in [5, 5.41) is 19.9. The van der Waals surface area contributed by atoms with Crippen LogP contribution >= 0.6 is 24.0 Å². The van der Waals surface area contributed by atoms with E-state index in [0.29, 0.717) is 31.4 Å². The van der Waals surface area contributed by atoms with Crippen LogP contribution in [0.4, 0.5) is 0 Å². The van der Waals surface area contributed by atoms with Crippen LogP contribution in [0.25, 0.3) is 0 Å². The number of nitrogens with one attached hydrogen (secondary N) is 3. The molecule has 1 aliphatic carbocycles. The lowest BCUT2D eigenvalue weighted by Gasteiger charge is -2.21. The number of hydrogen-bond acceptors (Lipinski definition) is 4. The van der Waals surface area contributed by atoms with Crippen molar-refractivity contribution in [3.8, 4) is 0 Å². The predicted molar refractivity (Wildman–Crippen MR) is 113 cm³/mol. The number of rotatable bonds is 8. The molecule has 148 valence electrons. The van der Waals surface area contributed by atoms with E-state index in [9.17, 15) is 9.90 Å². The van der Waals surface area contributed by atoms with E-state index in [4.69, 9.17) is 4.42 Å².